The first-order valence-corrected chi connectivity index (χ1v) is 13.3. The molecule has 7 heteroatoms. The van der Waals surface area contributed by atoms with Gasteiger partial charge in [-0.3, -0.25) is 4.79 Å². The number of carbonyl (C=O) groups excluding carboxylic acids is 1. The topological polar surface area (TPSA) is 78.1 Å². The standard InChI is InChI=1S/C34H30N2O5/c1-2-34(37)36-26-10-14-30(15-11-26)40-32-20-22-33(23-21-32)41-31-18-16-27(17-19-31)38-24-35-25-8-12-29(13-9-25)39-28-6-4-3-5-7-28/h3-23,35H,2,24H2,1H3,(H,36,37). The monoisotopic (exact) mass is 546 g/mol. The van der Waals surface area contributed by atoms with Crippen molar-refractivity contribution in [2.75, 3.05) is 17.4 Å². The molecule has 5 rings (SSSR count). The van der Waals surface area contributed by atoms with Gasteiger partial charge >= 0.3 is 0 Å². The molecule has 5 aromatic rings. The van der Waals surface area contributed by atoms with Crippen LogP contribution in [0, 0.1) is 0 Å². The fourth-order valence-electron chi connectivity index (χ4n) is 3.78. The number of para-hydroxylation sites is 1. The highest BCUT2D eigenvalue weighted by atomic mass is 16.5. The number of amides is 1. The van der Waals surface area contributed by atoms with Crippen LogP contribution in [0.3, 0.4) is 0 Å². The van der Waals surface area contributed by atoms with E-state index < -0.39 is 0 Å². The van der Waals surface area contributed by atoms with E-state index in [2.05, 4.69) is 10.6 Å². The lowest BCUT2D eigenvalue weighted by Gasteiger charge is -2.11. The molecular formula is C34H30N2O5. The van der Waals surface area contributed by atoms with Gasteiger partial charge in [-0.15, -0.1) is 0 Å². The minimum absolute atomic E-state index is 0.0266. The molecule has 0 atom stereocenters. The predicted octanol–water partition coefficient (Wildman–Crippen LogP) is 8.86. The second kappa shape index (κ2) is 13.6. The highest BCUT2D eigenvalue weighted by Crippen LogP contribution is 2.29. The maximum atomic E-state index is 11.5. The molecule has 7 nitrogen and oxygen atoms in total. The number of hydrogen-bond donors (Lipinski definition) is 2. The van der Waals surface area contributed by atoms with Crippen molar-refractivity contribution < 1.29 is 23.7 Å². The summed E-state index contributed by atoms with van der Waals surface area (Å²) in [6, 6.07) is 39.4. The van der Waals surface area contributed by atoms with Crippen LogP contribution in [0.2, 0.25) is 0 Å². The third-order valence-electron chi connectivity index (χ3n) is 5.93. The van der Waals surface area contributed by atoms with Crippen LogP contribution in [0.15, 0.2) is 127 Å². The van der Waals surface area contributed by atoms with Crippen molar-refractivity contribution in [3.8, 4) is 40.2 Å². The number of nitrogens with one attached hydrogen (secondary N) is 2. The minimum atomic E-state index is -0.0266. The summed E-state index contributed by atoms with van der Waals surface area (Å²) in [5.41, 5.74) is 1.66. The summed E-state index contributed by atoms with van der Waals surface area (Å²) in [5.74, 6) is 4.99. The number of benzene rings is 5. The first-order valence-electron chi connectivity index (χ1n) is 13.3. The van der Waals surface area contributed by atoms with Crippen LogP contribution < -0.4 is 29.6 Å². The van der Waals surface area contributed by atoms with Gasteiger partial charge in [0, 0.05) is 17.8 Å². The van der Waals surface area contributed by atoms with Gasteiger partial charge < -0.3 is 29.6 Å². The van der Waals surface area contributed by atoms with Crippen LogP contribution in [0.5, 0.6) is 40.2 Å². The Morgan fingerprint density at radius 2 is 0.902 bits per heavy atom. The molecule has 0 aromatic heterocycles. The third kappa shape index (κ3) is 8.28. The van der Waals surface area contributed by atoms with E-state index in [1.54, 1.807) is 0 Å². The van der Waals surface area contributed by atoms with Crippen molar-refractivity contribution in [3.63, 3.8) is 0 Å². The molecule has 0 heterocycles. The first kappa shape index (κ1) is 27.1. The minimum Gasteiger partial charge on any atom is -0.473 e. The molecular weight excluding hydrogens is 516 g/mol. The Morgan fingerprint density at radius 1 is 0.512 bits per heavy atom. The van der Waals surface area contributed by atoms with E-state index in [1.807, 2.05) is 134 Å². The van der Waals surface area contributed by atoms with Gasteiger partial charge in [-0.2, -0.15) is 0 Å². The van der Waals surface area contributed by atoms with E-state index in [4.69, 9.17) is 18.9 Å². The van der Waals surface area contributed by atoms with Gasteiger partial charge in [-0.25, -0.2) is 0 Å². The maximum absolute atomic E-state index is 11.5. The summed E-state index contributed by atoms with van der Waals surface area (Å²) in [6.07, 6.45) is 0.435. The molecule has 0 aliphatic carbocycles. The molecule has 0 aliphatic heterocycles. The Labute approximate surface area is 239 Å². The van der Waals surface area contributed by atoms with Crippen molar-refractivity contribution in [2.24, 2.45) is 0 Å². The zero-order valence-corrected chi connectivity index (χ0v) is 22.6. The molecule has 0 radical (unpaired) electrons. The van der Waals surface area contributed by atoms with Crippen LogP contribution in [0.25, 0.3) is 0 Å². The van der Waals surface area contributed by atoms with Gasteiger partial charge in [0.2, 0.25) is 5.91 Å². The number of rotatable bonds is 12. The van der Waals surface area contributed by atoms with E-state index >= 15 is 0 Å². The molecule has 206 valence electrons. The second-order valence-corrected chi connectivity index (χ2v) is 8.98. The summed E-state index contributed by atoms with van der Waals surface area (Å²) in [7, 11) is 0. The van der Waals surface area contributed by atoms with Crippen LogP contribution in [0.1, 0.15) is 13.3 Å². The van der Waals surface area contributed by atoms with Gasteiger partial charge in [0.25, 0.3) is 0 Å². The molecule has 0 spiro atoms. The smallest absolute Gasteiger partial charge is 0.224 e. The Kier molecular flexibility index (Phi) is 8.99. The molecule has 5 aromatic carbocycles. The average Bonchev–Trinajstić information content (AvgIpc) is 3.01. The molecule has 0 fully saturated rings. The largest absolute Gasteiger partial charge is 0.473 e. The van der Waals surface area contributed by atoms with E-state index in [0.717, 1.165) is 28.6 Å². The molecule has 0 unspecified atom stereocenters. The fraction of sp³-hybridized carbons (Fsp3) is 0.0882. The lowest BCUT2D eigenvalue weighted by molar-refractivity contribution is -0.115. The zero-order chi connectivity index (χ0) is 28.3. The first-order chi connectivity index (χ1) is 20.1. The second-order valence-electron chi connectivity index (χ2n) is 8.98. The Bertz CT molecular complexity index is 1520. The quantitative estimate of drug-likeness (QED) is 0.152. The predicted molar refractivity (Wildman–Crippen MR) is 160 cm³/mol. The normalized spacial score (nSPS) is 10.4. The summed E-state index contributed by atoms with van der Waals surface area (Å²) >= 11 is 0. The summed E-state index contributed by atoms with van der Waals surface area (Å²) in [4.78, 5) is 11.5. The maximum Gasteiger partial charge on any atom is 0.224 e. The van der Waals surface area contributed by atoms with Gasteiger partial charge in [0.15, 0.2) is 6.73 Å². The van der Waals surface area contributed by atoms with E-state index in [1.165, 1.54) is 0 Å². The summed E-state index contributed by atoms with van der Waals surface area (Å²) in [5, 5.41) is 6.05. The van der Waals surface area contributed by atoms with Crippen molar-refractivity contribution in [3.05, 3.63) is 127 Å². The lowest BCUT2D eigenvalue weighted by Crippen LogP contribution is -2.08. The van der Waals surface area contributed by atoms with Crippen molar-refractivity contribution in [1.82, 2.24) is 0 Å². The summed E-state index contributed by atoms with van der Waals surface area (Å²) < 4.78 is 23.5. The molecule has 0 saturated heterocycles. The molecule has 0 saturated carbocycles. The van der Waals surface area contributed by atoms with Gasteiger partial charge in [0.1, 0.15) is 40.2 Å². The van der Waals surface area contributed by atoms with Crippen LogP contribution >= 0.6 is 0 Å². The van der Waals surface area contributed by atoms with E-state index in [9.17, 15) is 4.79 Å². The Hall–Kier alpha value is -5.43. The Balaban J connectivity index is 1.05. The van der Waals surface area contributed by atoms with Crippen LogP contribution in [-0.2, 0) is 4.79 Å². The number of anilines is 2. The lowest BCUT2D eigenvalue weighted by atomic mass is 10.3. The molecule has 1 amide bonds. The third-order valence-corrected chi connectivity index (χ3v) is 5.93. The van der Waals surface area contributed by atoms with Crippen molar-refractivity contribution in [1.29, 1.82) is 0 Å². The van der Waals surface area contributed by atoms with Crippen molar-refractivity contribution in [2.45, 2.75) is 13.3 Å². The van der Waals surface area contributed by atoms with Gasteiger partial charge in [-0.1, -0.05) is 25.1 Å². The average molecular weight is 547 g/mol. The van der Waals surface area contributed by atoms with E-state index in [0.29, 0.717) is 36.1 Å². The zero-order valence-electron chi connectivity index (χ0n) is 22.6. The number of carbonyl (C=O) groups is 1. The SMILES string of the molecule is CCC(=O)Nc1ccc(Oc2ccc(Oc3ccc(OCNc4ccc(Oc5ccccc5)cc4)cc3)cc2)cc1. The molecule has 0 aliphatic rings. The van der Waals surface area contributed by atoms with Crippen LogP contribution in [-0.4, -0.2) is 12.6 Å². The fourth-order valence-corrected chi connectivity index (χ4v) is 3.78. The molecule has 2 N–H and O–H groups in total. The van der Waals surface area contributed by atoms with E-state index in [-0.39, 0.29) is 5.91 Å². The van der Waals surface area contributed by atoms with Crippen molar-refractivity contribution >= 4 is 17.3 Å². The number of ether oxygens (including phenoxy) is 4. The van der Waals surface area contributed by atoms with Gasteiger partial charge in [-0.05, 0) is 109 Å². The number of hydrogen-bond acceptors (Lipinski definition) is 6. The van der Waals surface area contributed by atoms with Crippen LogP contribution in [0.4, 0.5) is 11.4 Å². The van der Waals surface area contributed by atoms with Gasteiger partial charge in [0.05, 0.1) is 0 Å². The highest BCUT2D eigenvalue weighted by molar-refractivity contribution is 5.90. The highest BCUT2D eigenvalue weighted by Gasteiger charge is 2.04. The Morgan fingerprint density at radius 3 is 1.37 bits per heavy atom. The molecule has 41 heavy (non-hydrogen) atoms. The molecule has 0 bridgehead atoms. The summed E-state index contributed by atoms with van der Waals surface area (Å²) in [6.45, 7) is 2.13.